The summed E-state index contributed by atoms with van der Waals surface area (Å²) in [6, 6.07) is 10.3. The molecule has 0 spiro atoms. The first-order valence-corrected chi connectivity index (χ1v) is 14.5. The molecule has 1 unspecified atom stereocenters. The normalized spacial score (nSPS) is 12.7. The second-order valence-corrected chi connectivity index (χ2v) is 12.2. The molecule has 0 aliphatic heterocycles. The van der Waals surface area contributed by atoms with Crippen LogP contribution in [0, 0.1) is 5.82 Å². The minimum atomic E-state index is -4.88. The van der Waals surface area contributed by atoms with E-state index in [1.54, 1.807) is 34.6 Å². The van der Waals surface area contributed by atoms with E-state index in [-0.39, 0.29) is 52.1 Å². The molecule has 0 radical (unpaired) electrons. The lowest BCUT2D eigenvalue weighted by molar-refractivity contribution is -0.149. The predicted octanol–water partition coefficient (Wildman–Crippen LogP) is 6.76. The molecule has 0 aliphatic rings. The van der Waals surface area contributed by atoms with Gasteiger partial charge >= 0.3 is 12.3 Å². The van der Waals surface area contributed by atoms with Crippen LogP contribution in [-0.4, -0.2) is 60.7 Å². The Morgan fingerprint density at radius 1 is 1.00 bits per heavy atom. The van der Waals surface area contributed by atoms with Crippen LogP contribution in [0.5, 0.6) is 11.5 Å². The van der Waals surface area contributed by atoms with Crippen molar-refractivity contribution in [2.45, 2.75) is 57.9 Å². The Morgan fingerprint density at radius 3 is 2.28 bits per heavy atom. The number of aliphatic hydroxyl groups excluding tert-OH is 1. The molecule has 0 fully saturated rings. The number of hydrogen-bond acceptors (Lipinski definition) is 7. The number of aliphatic hydroxyl groups is 1. The monoisotopic (exact) mass is 669 g/mol. The van der Waals surface area contributed by atoms with E-state index in [0.717, 1.165) is 6.07 Å². The number of alkyl halides is 3. The number of methoxy groups -OCH3 is 1. The van der Waals surface area contributed by atoms with E-state index in [4.69, 9.17) is 30.9 Å². The van der Waals surface area contributed by atoms with Crippen molar-refractivity contribution in [1.29, 1.82) is 0 Å². The van der Waals surface area contributed by atoms with Crippen molar-refractivity contribution in [2.24, 2.45) is 0 Å². The summed E-state index contributed by atoms with van der Waals surface area (Å²) in [5.74, 6) is -3.47. The molecular formula is C32H36ClF4N3O6. The molecule has 3 rings (SSSR count). The molecule has 1 heterocycles. The third-order valence-corrected chi connectivity index (χ3v) is 6.88. The Morgan fingerprint density at radius 2 is 1.70 bits per heavy atom. The summed E-state index contributed by atoms with van der Waals surface area (Å²) < 4.78 is 73.7. The average Bonchev–Trinajstić information content (AvgIpc) is 2.95. The molecule has 1 aromatic heterocycles. The van der Waals surface area contributed by atoms with Gasteiger partial charge in [0.1, 0.15) is 23.9 Å². The number of pyridine rings is 1. The topological polar surface area (TPSA) is 119 Å². The summed E-state index contributed by atoms with van der Waals surface area (Å²) in [5.41, 5.74) is -2.10. The van der Waals surface area contributed by atoms with E-state index >= 15 is 0 Å². The molecule has 250 valence electrons. The lowest BCUT2D eigenvalue weighted by atomic mass is 9.90. The molecule has 2 amide bonds. The van der Waals surface area contributed by atoms with Crippen molar-refractivity contribution < 1.29 is 46.5 Å². The number of halogens is 5. The third kappa shape index (κ3) is 9.70. The minimum Gasteiger partial charge on any atom is -0.493 e. The molecule has 9 nitrogen and oxygen atoms in total. The lowest BCUT2D eigenvalue weighted by Gasteiger charge is -2.30. The van der Waals surface area contributed by atoms with Crippen LogP contribution in [0.15, 0.2) is 48.5 Å². The zero-order valence-corrected chi connectivity index (χ0v) is 26.9. The van der Waals surface area contributed by atoms with Crippen molar-refractivity contribution in [3.63, 3.8) is 0 Å². The maximum absolute atomic E-state index is 14.6. The highest BCUT2D eigenvalue weighted by atomic mass is 35.5. The van der Waals surface area contributed by atoms with Gasteiger partial charge in [-0.05, 0) is 88.7 Å². The molecular weight excluding hydrogens is 634 g/mol. The van der Waals surface area contributed by atoms with E-state index in [2.05, 4.69) is 15.6 Å². The number of carbonyl (C=O) groups excluding carboxylic acids is 2. The second kappa shape index (κ2) is 14.5. The molecule has 14 heteroatoms. The van der Waals surface area contributed by atoms with Crippen molar-refractivity contribution in [3.05, 3.63) is 76.2 Å². The van der Waals surface area contributed by atoms with E-state index in [0.29, 0.717) is 0 Å². The second-order valence-electron chi connectivity index (χ2n) is 11.8. The summed E-state index contributed by atoms with van der Waals surface area (Å²) in [6.45, 7) is 6.95. The third-order valence-electron chi connectivity index (χ3n) is 6.59. The maximum Gasteiger partial charge on any atom is 0.408 e. The standard InChI is InChI=1S/C32H36ClF4N3O6/c1-30(2,3)46-29(43)40-31(4,5)20-15-24(18-7-9-23(34)22(33)13-18)39-25(16-20)21(32(35,36)37)17-38-28(42)19-8-10-26(45-12-11-41)27(14-19)44-6/h7-10,13-16,21,41H,11-12,17H2,1-6H3,(H,38,42)(H,40,43). The highest BCUT2D eigenvalue weighted by Gasteiger charge is 2.43. The first-order chi connectivity index (χ1) is 21.3. The number of aromatic nitrogens is 1. The van der Waals surface area contributed by atoms with Crippen LogP contribution >= 0.6 is 11.6 Å². The Kier molecular flexibility index (Phi) is 11.5. The van der Waals surface area contributed by atoms with Crippen LogP contribution in [-0.2, 0) is 10.3 Å². The Labute approximate surface area is 269 Å². The van der Waals surface area contributed by atoms with Gasteiger partial charge in [-0.2, -0.15) is 13.2 Å². The fraction of sp³-hybridized carbons (Fsp3) is 0.406. The number of ether oxygens (including phenoxy) is 3. The van der Waals surface area contributed by atoms with Gasteiger partial charge in [0.15, 0.2) is 11.5 Å². The summed E-state index contributed by atoms with van der Waals surface area (Å²) in [5, 5.41) is 13.7. The molecule has 0 bridgehead atoms. The highest BCUT2D eigenvalue weighted by molar-refractivity contribution is 6.31. The summed E-state index contributed by atoms with van der Waals surface area (Å²) in [7, 11) is 1.33. The lowest BCUT2D eigenvalue weighted by Crippen LogP contribution is -2.44. The Bertz CT molecular complexity index is 1560. The fourth-order valence-corrected chi connectivity index (χ4v) is 4.47. The van der Waals surface area contributed by atoms with Crippen LogP contribution in [0.2, 0.25) is 5.02 Å². The van der Waals surface area contributed by atoms with Gasteiger partial charge in [-0.15, -0.1) is 0 Å². The van der Waals surface area contributed by atoms with Gasteiger partial charge in [-0.1, -0.05) is 11.6 Å². The fourth-order valence-electron chi connectivity index (χ4n) is 4.29. The van der Waals surface area contributed by atoms with Gasteiger partial charge in [0.25, 0.3) is 5.91 Å². The Hall–Kier alpha value is -4.10. The van der Waals surface area contributed by atoms with Crippen LogP contribution in [0.25, 0.3) is 11.3 Å². The van der Waals surface area contributed by atoms with Gasteiger partial charge in [0.2, 0.25) is 0 Å². The Balaban J connectivity index is 2.03. The zero-order chi connectivity index (χ0) is 34.4. The minimum absolute atomic E-state index is 0.000157. The summed E-state index contributed by atoms with van der Waals surface area (Å²) in [6.07, 6.45) is -5.68. The number of amides is 2. The molecule has 0 aliphatic carbocycles. The highest BCUT2D eigenvalue weighted by Crippen LogP contribution is 2.37. The predicted molar refractivity (Wildman–Crippen MR) is 164 cm³/mol. The van der Waals surface area contributed by atoms with Gasteiger partial charge in [-0.25, -0.2) is 9.18 Å². The zero-order valence-electron chi connectivity index (χ0n) is 26.1. The van der Waals surface area contributed by atoms with Gasteiger partial charge in [-0.3, -0.25) is 9.78 Å². The average molecular weight is 670 g/mol. The van der Waals surface area contributed by atoms with Crippen LogP contribution < -0.4 is 20.1 Å². The van der Waals surface area contributed by atoms with Crippen LogP contribution in [0.1, 0.15) is 62.2 Å². The molecule has 46 heavy (non-hydrogen) atoms. The van der Waals surface area contributed by atoms with Gasteiger partial charge in [0.05, 0.1) is 35.7 Å². The smallest absolute Gasteiger partial charge is 0.408 e. The number of carbonyl (C=O) groups is 2. The van der Waals surface area contributed by atoms with Crippen LogP contribution in [0.4, 0.5) is 22.4 Å². The van der Waals surface area contributed by atoms with Crippen LogP contribution in [0.3, 0.4) is 0 Å². The van der Waals surface area contributed by atoms with E-state index in [9.17, 15) is 27.2 Å². The quantitative estimate of drug-likeness (QED) is 0.193. The van der Waals surface area contributed by atoms with Crippen molar-refractivity contribution >= 4 is 23.6 Å². The molecule has 0 saturated carbocycles. The largest absolute Gasteiger partial charge is 0.493 e. The number of alkyl carbamates (subject to hydrolysis) is 1. The number of benzene rings is 2. The van der Waals surface area contributed by atoms with Gasteiger partial charge < -0.3 is 30.0 Å². The van der Waals surface area contributed by atoms with Crippen molar-refractivity contribution in [2.75, 3.05) is 26.9 Å². The number of nitrogens with zero attached hydrogens (tertiary/aromatic N) is 1. The maximum atomic E-state index is 14.6. The van der Waals surface area contributed by atoms with Crippen molar-refractivity contribution in [3.8, 4) is 22.8 Å². The van der Waals surface area contributed by atoms with E-state index in [1.165, 1.54) is 49.6 Å². The first kappa shape index (κ1) is 36.4. The van der Waals surface area contributed by atoms with E-state index in [1.807, 2.05) is 0 Å². The SMILES string of the molecule is COc1cc(C(=O)NCC(c2cc(C(C)(C)NC(=O)OC(C)(C)C)cc(-c3ccc(F)c(Cl)c3)n2)C(F)(F)F)ccc1OCCO. The first-order valence-electron chi connectivity index (χ1n) is 14.1. The van der Waals surface area contributed by atoms with Gasteiger partial charge in [0, 0.05) is 17.7 Å². The van der Waals surface area contributed by atoms with Crippen molar-refractivity contribution in [1.82, 2.24) is 15.6 Å². The molecule has 2 aromatic carbocycles. The van der Waals surface area contributed by atoms with E-state index < -0.39 is 53.3 Å². The number of rotatable bonds is 11. The summed E-state index contributed by atoms with van der Waals surface area (Å²) in [4.78, 5) is 29.9. The number of hydrogen-bond donors (Lipinski definition) is 3. The summed E-state index contributed by atoms with van der Waals surface area (Å²) >= 11 is 5.97. The molecule has 3 N–H and O–H groups in total. The number of nitrogens with one attached hydrogen (secondary N) is 2. The molecule has 3 aromatic rings. The molecule has 0 saturated heterocycles. The molecule has 1 atom stereocenters.